The van der Waals surface area contributed by atoms with Crippen molar-refractivity contribution >= 4 is 21.8 Å². The molecule has 1 aliphatic rings. The van der Waals surface area contributed by atoms with Crippen LogP contribution in [0.5, 0.6) is 0 Å². The number of hydrogen-bond acceptors (Lipinski definition) is 1. The van der Waals surface area contributed by atoms with Gasteiger partial charge in [-0.3, -0.25) is 4.79 Å². The first-order chi connectivity index (χ1) is 7.74. The highest BCUT2D eigenvalue weighted by Crippen LogP contribution is 2.22. The fourth-order valence-corrected chi connectivity index (χ4v) is 3.17. The Labute approximate surface area is 108 Å². The first-order valence-corrected chi connectivity index (χ1v) is 7.73. The summed E-state index contributed by atoms with van der Waals surface area (Å²) >= 11 is 3.55. The second-order valence-corrected chi connectivity index (χ2v) is 5.35. The first kappa shape index (κ1) is 14.0. The lowest BCUT2D eigenvalue weighted by Crippen LogP contribution is -2.44. The standard InChI is InChI=1S/C13H24BrNO/c1-3-11(4-2)13(16)15-9-7-5-6-8-12(15)10-14/h11-12H,3-10H2,1-2H3. The molecule has 0 aromatic heterocycles. The van der Waals surface area contributed by atoms with Gasteiger partial charge in [0, 0.05) is 23.8 Å². The summed E-state index contributed by atoms with van der Waals surface area (Å²) < 4.78 is 0. The van der Waals surface area contributed by atoms with E-state index in [0.717, 1.165) is 31.1 Å². The Morgan fingerprint density at radius 1 is 1.31 bits per heavy atom. The zero-order chi connectivity index (χ0) is 12.0. The van der Waals surface area contributed by atoms with Gasteiger partial charge in [0.25, 0.3) is 0 Å². The summed E-state index contributed by atoms with van der Waals surface area (Å²) in [5, 5.41) is 0.929. The summed E-state index contributed by atoms with van der Waals surface area (Å²) in [6.45, 7) is 5.20. The van der Waals surface area contributed by atoms with E-state index in [0.29, 0.717) is 11.9 Å². The normalized spacial score (nSPS) is 22.2. The molecule has 0 aromatic rings. The molecule has 1 aliphatic heterocycles. The van der Waals surface area contributed by atoms with Crippen molar-refractivity contribution < 1.29 is 4.79 Å². The SMILES string of the molecule is CCC(CC)C(=O)N1CCCCCC1CBr. The largest absolute Gasteiger partial charge is 0.339 e. The maximum atomic E-state index is 12.4. The topological polar surface area (TPSA) is 20.3 Å². The van der Waals surface area contributed by atoms with Crippen molar-refractivity contribution in [3.05, 3.63) is 0 Å². The predicted octanol–water partition coefficient (Wildman–Crippen LogP) is 3.59. The van der Waals surface area contributed by atoms with Crippen molar-refractivity contribution in [3.8, 4) is 0 Å². The fraction of sp³-hybridized carbons (Fsp3) is 0.923. The molecule has 1 unspecified atom stereocenters. The molecule has 3 heteroatoms. The van der Waals surface area contributed by atoms with Gasteiger partial charge in [-0.2, -0.15) is 0 Å². The van der Waals surface area contributed by atoms with Gasteiger partial charge in [0.05, 0.1) is 0 Å². The third-order valence-electron chi connectivity index (χ3n) is 3.67. The minimum Gasteiger partial charge on any atom is -0.339 e. The second kappa shape index (κ2) is 7.31. The van der Waals surface area contributed by atoms with E-state index < -0.39 is 0 Å². The quantitative estimate of drug-likeness (QED) is 0.725. The zero-order valence-corrected chi connectivity index (χ0v) is 12.1. The molecule has 1 fully saturated rings. The highest BCUT2D eigenvalue weighted by Gasteiger charge is 2.28. The van der Waals surface area contributed by atoms with Crippen molar-refractivity contribution in [3.63, 3.8) is 0 Å². The number of rotatable bonds is 4. The Kier molecular flexibility index (Phi) is 6.40. The molecule has 1 atom stereocenters. The van der Waals surface area contributed by atoms with Gasteiger partial charge in [0.2, 0.25) is 5.91 Å². The van der Waals surface area contributed by atoms with Gasteiger partial charge in [-0.05, 0) is 25.7 Å². The summed E-state index contributed by atoms with van der Waals surface area (Å²) in [5.74, 6) is 0.621. The molecule has 0 bridgehead atoms. The highest BCUT2D eigenvalue weighted by atomic mass is 79.9. The van der Waals surface area contributed by atoms with E-state index in [9.17, 15) is 4.79 Å². The number of carbonyl (C=O) groups excluding carboxylic acids is 1. The Balaban J connectivity index is 2.68. The van der Waals surface area contributed by atoms with E-state index in [4.69, 9.17) is 0 Å². The lowest BCUT2D eigenvalue weighted by Gasteiger charge is -2.31. The molecule has 0 saturated carbocycles. The van der Waals surface area contributed by atoms with Crippen molar-refractivity contribution in [2.45, 2.75) is 58.4 Å². The summed E-state index contributed by atoms with van der Waals surface area (Å²) in [7, 11) is 0. The van der Waals surface area contributed by atoms with Crippen LogP contribution in [-0.4, -0.2) is 28.7 Å². The van der Waals surface area contributed by atoms with Crippen LogP contribution in [0.4, 0.5) is 0 Å². The van der Waals surface area contributed by atoms with Crippen LogP contribution in [0.25, 0.3) is 0 Å². The molecule has 0 N–H and O–H groups in total. The van der Waals surface area contributed by atoms with Crippen LogP contribution in [0.1, 0.15) is 52.4 Å². The molecule has 16 heavy (non-hydrogen) atoms. The number of carbonyl (C=O) groups is 1. The fourth-order valence-electron chi connectivity index (χ4n) is 2.50. The van der Waals surface area contributed by atoms with Crippen LogP contribution >= 0.6 is 15.9 Å². The van der Waals surface area contributed by atoms with Gasteiger partial charge in [-0.1, -0.05) is 42.6 Å². The number of hydrogen-bond donors (Lipinski definition) is 0. The summed E-state index contributed by atoms with van der Waals surface area (Å²) in [6, 6.07) is 0.426. The summed E-state index contributed by atoms with van der Waals surface area (Å²) in [5.41, 5.74) is 0. The van der Waals surface area contributed by atoms with Crippen LogP contribution in [0.3, 0.4) is 0 Å². The molecule has 1 rings (SSSR count). The average molecular weight is 290 g/mol. The van der Waals surface area contributed by atoms with Crippen LogP contribution in [0.15, 0.2) is 0 Å². The van der Waals surface area contributed by atoms with Gasteiger partial charge in [-0.25, -0.2) is 0 Å². The van der Waals surface area contributed by atoms with Crippen molar-refractivity contribution in [1.29, 1.82) is 0 Å². The number of nitrogens with zero attached hydrogens (tertiary/aromatic N) is 1. The van der Waals surface area contributed by atoms with E-state index >= 15 is 0 Å². The van der Waals surface area contributed by atoms with E-state index in [1.165, 1.54) is 19.3 Å². The molecule has 1 heterocycles. The second-order valence-electron chi connectivity index (χ2n) is 4.70. The third kappa shape index (κ3) is 3.47. The Hall–Kier alpha value is -0.0500. The molecular formula is C13H24BrNO. The monoisotopic (exact) mass is 289 g/mol. The molecule has 0 spiro atoms. The van der Waals surface area contributed by atoms with Crippen LogP contribution < -0.4 is 0 Å². The molecule has 0 radical (unpaired) electrons. The molecule has 2 nitrogen and oxygen atoms in total. The van der Waals surface area contributed by atoms with Crippen molar-refractivity contribution in [2.75, 3.05) is 11.9 Å². The number of amides is 1. The van der Waals surface area contributed by atoms with Gasteiger partial charge in [0.1, 0.15) is 0 Å². The predicted molar refractivity (Wildman–Crippen MR) is 71.8 cm³/mol. The molecule has 1 amide bonds. The molecule has 0 aliphatic carbocycles. The first-order valence-electron chi connectivity index (χ1n) is 6.61. The maximum absolute atomic E-state index is 12.4. The van der Waals surface area contributed by atoms with Crippen LogP contribution in [0.2, 0.25) is 0 Å². The minimum atomic E-state index is 0.236. The zero-order valence-electron chi connectivity index (χ0n) is 10.5. The van der Waals surface area contributed by atoms with E-state index in [1.54, 1.807) is 0 Å². The molecule has 1 saturated heterocycles. The number of halogens is 1. The van der Waals surface area contributed by atoms with Gasteiger partial charge in [0.15, 0.2) is 0 Å². The van der Waals surface area contributed by atoms with Crippen molar-refractivity contribution in [2.24, 2.45) is 5.92 Å². The van der Waals surface area contributed by atoms with Crippen LogP contribution in [-0.2, 0) is 4.79 Å². The van der Waals surface area contributed by atoms with Gasteiger partial charge in [-0.15, -0.1) is 0 Å². The van der Waals surface area contributed by atoms with Gasteiger partial charge < -0.3 is 4.90 Å². The summed E-state index contributed by atoms with van der Waals surface area (Å²) in [4.78, 5) is 14.5. The molecular weight excluding hydrogens is 266 g/mol. The number of alkyl halides is 1. The van der Waals surface area contributed by atoms with Gasteiger partial charge >= 0.3 is 0 Å². The molecule has 94 valence electrons. The smallest absolute Gasteiger partial charge is 0.225 e. The Morgan fingerprint density at radius 3 is 2.56 bits per heavy atom. The maximum Gasteiger partial charge on any atom is 0.225 e. The van der Waals surface area contributed by atoms with Crippen molar-refractivity contribution in [1.82, 2.24) is 4.90 Å². The lowest BCUT2D eigenvalue weighted by atomic mass is 10.0. The van der Waals surface area contributed by atoms with E-state index in [-0.39, 0.29) is 5.92 Å². The Bertz CT molecular complexity index is 216. The average Bonchev–Trinajstić information content (AvgIpc) is 2.55. The minimum absolute atomic E-state index is 0.236. The summed E-state index contributed by atoms with van der Waals surface area (Å²) in [6.07, 6.45) is 6.83. The van der Waals surface area contributed by atoms with E-state index in [1.807, 2.05) is 0 Å². The highest BCUT2D eigenvalue weighted by molar-refractivity contribution is 9.09. The molecule has 0 aromatic carbocycles. The third-order valence-corrected chi connectivity index (χ3v) is 4.42. The van der Waals surface area contributed by atoms with Crippen LogP contribution in [0, 0.1) is 5.92 Å². The Morgan fingerprint density at radius 2 is 2.00 bits per heavy atom. The number of likely N-dealkylation sites (tertiary alicyclic amines) is 1. The lowest BCUT2D eigenvalue weighted by molar-refractivity contribution is -0.137. The van der Waals surface area contributed by atoms with E-state index in [2.05, 4.69) is 34.7 Å².